The van der Waals surface area contributed by atoms with Gasteiger partial charge in [0.05, 0.1) is 6.61 Å². The van der Waals surface area contributed by atoms with Crippen molar-refractivity contribution in [3.8, 4) is 5.75 Å². The number of nitrogens with one attached hydrogen (secondary N) is 3. The largest absolute Gasteiger partial charge is 0.494 e. The molecule has 1 aliphatic rings. The van der Waals surface area contributed by atoms with Crippen LogP contribution in [0.1, 0.15) is 41.6 Å². The summed E-state index contributed by atoms with van der Waals surface area (Å²) in [7, 11) is 0. The fraction of sp³-hybridized carbons (Fsp3) is 0.333. The quantitative estimate of drug-likeness (QED) is 0.517. The van der Waals surface area contributed by atoms with E-state index in [4.69, 9.17) is 4.74 Å². The lowest BCUT2D eigenvalue weighted by molar-refractivity contribution is -0.121. The van der Waals surface area contributed by atoms with Crippen LogP contribution in [0.15, 0.2) is 36.4 Å². The number of rotatable bonds is 7. The van der Waals surface area contributed by atoms with Crippen LogP contribution >= 0.6 is 0 Å². The van der Waals surface area contributed by atoms with Crippen LogP contribution in [0.3, 0.4) is 0 Å². The first-order chi connectivity index (χ1) is 14.5. The highest BCUT2D eigenvalue weighted by atomic mass is 16.5. The zero-order valence-electron chi connectivity index (χ0n) is 17.4. The average molecular weight is 405 g/mol. The molecule has 0 fully saturated rings. The molecule has 0 saturated heterocycles. The molecule has 0 unspecified atom stereocenters. The van der Waals surface area contributed by atoms with Crippen LogP contribution in [0.4, 0.5) is 5.69 Å². The fourth-order valence-electron chi connectivity index (χ4n) is 3.78. The van der Waals surface area contributed by atoms with E-state index >= 15 is 0 Å². The van der Waals surface area contributed by atoms with E-state index in [0.717, 1.165) is 34.5 Å². The maximum Gasteiger partial charge on any atom is 0.224 e. The first kappa shape index (κ1) is 20.0. The molecule has 2 amide bonds. The number of carbonyl (C=O) groups is 2. The van der Waals surface area contributed by atoms with Crippen molar-refractivity contribution in [1.29, 1.82) is 0 Å². The number of hydrogen-bond acceptors (Lipinski definition) is 3. The van der Waals surface area contributed by atoms with Crippen LogP contribution < -0.4 is 15.4 Å². The van der Waals surface area contributed by atoms with Crippen LogP contribution in [-0.2, 0) is 22.6 Å². The second-order valence-electron chi connectivity index (χ2n) is 7.85. The third kappa shape index (κ3) is 4.48. The molecule has 1 aromatic heterocycles. The van der Waals surface area contributed by atoms with E-state index in [1.807, 2.05) is 24.3 Å². The van der Waals surface area contributed by atoms with Crippen molar-refractivity contribution < 1.29 is 14.3 Å². The van der Waals surface area contributed by atoms with E-state index in [1.165, 1.54) is 16.6 Å². The minimum atomic E-state index is 0.0221. The fourth-order valence-corrected chi connectivity index (χ4v) is 3.78. The Hall–Kier alpha value is -3.28. The Morgan fingerprint density at radius 3 is 2.87 bits per heavy atom. The third-order valence-electron chi connectivity index (χ3n) is 5.65. The lowest BCUT2D eigenvalue weighted by atomic mass is 10.0. The first-order valence-corrected chi connectivity index (χ1v) is 10.4. The van der Waals surface area contributed by atoms with Crippen LogP contribution in [0, 0.1) is 13.8 Å². The van der Waals surface area contributed by atoms with E-state index in [9.17, 15) is 9.59 Å². The number of ether oxygens (including phenoxy) is 1. The van der Waals surface area contributed by atoms with Crippen LogP contribution in [0.2, 0.25) is 0 Å². The Morgan fingerprint density at radius 2 is 2.00 bits per heavy atom. The molecule has 0 aliphatic carbocycles. The molecule has 6 nitrogen and oxygen atoms in total. The molecular formula is C24H27N3O3. The summed E-state index contributed by atoms with van der Waals surface area (Å²) in [4.78, 5) is 27.0. The first-order valence-electron chi connectivity index (χ1n) is 10.4. The number of H-pyrrole nitrogens is 1. The van der Waals surface area contributed by atoms with Crippen LogP contribution in [0.5, 0.6) is 5.75 Å². The average Bonchev–Trinajstić information content (AvgIpc) is 3.03. The molecule has 0 bridgehead atoms. The van der Waals surface area contributed by atoms with Gasteiger partial charge in [0.2, 0.25) is 11.8 Å². The molecule has 3 N–H and O–H groups in total. The highest BCUT2D eigenvalue weighted by Crippen LogP contribution is 2.27. The molecule has 6 heteroatoms. The number of aromatic amines is 1. The minimum Gasteiger partial charge on any atom is -0.494 e. The van der Waals surface area contributed by atoms with Gasteiger partial charge in [-0.25, -0.2) is 0 Å². The summed E-state index contributed by atoms with van der Waals surface area (Å²) in [6.07, 6.45) is 2.31. The molecule has 2 heterocycles. The van der Waals surface area contributed by atoms with Gasteiger partial charge in [-0.15, -0.1) is 0 Å². The number of anilines is 1. The van der Waals surface area contributed by atoms with Gasteiger partial charge in [0, 0.05) is 41.7 Å². The van der Waals surface area contributed by atoms with Crippen molar-refractivity contribution in [2.75, 3.05) is 11.9 Å². The molecule has 0 saturated carbocycles. The van der Waals surface area contributed by atoms with Gasteiger partial charge in [-0.2, -0.15) is 0 Å². The Kier molecular flexibility index (Phi) is 5.74. The van der Waals surface area contributed by atoms with Gasteiger partial charge in [-0.05, 0) is 73.7 Å². The molecular weight excluding hydrogens is 378 g/mol. The van der Waals surface area contributed by atoms with Crippen LogP contribution in [0.25, 0.3) is 10.9 Å². The van der Waals surface area contributed by atoms with Gasteiger partial charge in [-0.3, -0.25) is 9.59 Å². The summed E-state index contributed by atoms with van der Waals surface area (Å²) in [6, 6.07) is 11.9. The number of amides is 2. The lowest BCUT2D eigenvalue weighted by Gasteiger charge is -2.17. The second kappa shape index (κ2) is 8.61. The number of aromatic nitrogens is 1. The van der Waals surface area contributed by atoms with Crippen molar-refractivity contribution in [3.05, 3.63) is 58.8 Å². The normalized spacial score (nSPS) is 13.1. The van der Waals surface area contributed by atoms with E-state index in [-0.39, 0.29) is 11.8 Å². The van der Waals surface area contributed by atoms with Crippen molar-refractivity contribution >= 4 is 28.4 Å². The molecule has 156 valence electrons. The van der Waals surface area contributed by atoms with Crippen molar-refractivity contribution in [2.24, 2.45) is 0 Å². The van der Waals surface area contributed by atoms with Gasteiger partial charge < -0.3 is 20.4 Å². The van der Waals surface area contributed by atoms with Crippen molar-refractivity contribution in [3.63, 3.8) is 0 Å². The van der Waals surface area contributed by atoms with Gasteiger partial charge >= 0.3 is 0 Å². The van der Waals surface area contributed by atoms with Crippen molar-refractivity contribution in [2.45, 2.75) is 46.1 Å². The van der Waals surface area contributed by atoms with Gasteiger partial charge in [-0.1, -0.05) is 6.07 Å². The summed E-state index contributed by atoms with van der Waals surface area (Å²) >= 11 is 0. The number of aryl methyl sites for hydroxylation is 3. The third-order valence-corrected chi connectivity index (χ3v) is 5.65. The lowest BCUT2D eigenvalue weighted by Crippen LogP contribution is -2.23. The molecule has 3 aromatic rings. The van der Waals surface area contributed by atoms with Gasteiger partial charge in [0.15, 0.2) is 0 Å². The second-order valence-corrected chi connectivity index (χ2v) is 7.85. The smallest absolute Gasteiger partial charge is 0.224 e. The highest BCUT2D eigenvalue weighted by molar-refractivity contribution is 5.94. The minimum absolute atomic E-state index is 0.0221. The summed E-state index contributed by atoms with van der Waals surface area (Å²) in [5, 5.41) is 7.06. The van der Waals surface area contributed by atoms with Crippen molar-refractivity contribution in [1.82, 2.24) is 10.3 Å². The number of hydrogen-bond donors (Lipinski definition) is 3. The zero-order valence-corrected chi connectivity index (χ0v) is 17.4. The maximum absolute atomic E-state index is 12.2. The molecule has 2 aromatic carbocycles. The van der Waals surface area contributed by atoms with E-state index < -0.39 is 0 Å². The Labute approximate surface area is 176 Å². The number of fused-ring (bicyclic) bond motifs is 2. The van der Waals surface area contributed by atoms with E-state index in [1.54, 1.807) is 0 Å². The summed E-state index contributed by atoms with van der Waals surface area (Å²) in [5.74, 6) is 0.852. The SMILES string of the molecule is Cc1[nH]c2ccc(CNC(=O)CCCOc3ccc4c(c3)CCC(=O)N4)cc2c1C. The predicted molar refractivity (Wildman–Crippen MR) is 118 cm³/mol. The monoisotopic (exact) mass is 405 g/mol. The molecule has 0 radical (unpaired) electrons. The molecule has 1 aliphatic heterocycles. The zero-order chi connectivity index (χ0) is 21.1. The molecule has 0 atom stereocenters. The Bertz CT molecular complexity index is 1100. The Morgan fingerprint density at radius 1 is 1.13 bits per heavy atom. The van der Waals surface area contributed by atoms with Gasteiger partial charge in [0.1, 0.15) is 5.75 Å². The molecule has 4 rings (SSSR count). The standard InChI is InChI=1S/C24H27N3O3/c1-15-16(2)26-22-8-5-17(12-20(15)22)14-25-23(28)4-3-11-30-19-7-9-21-18(13-19)6-10-24(29)27-21/h5,7-9,12-13,26H,3-4,6,10-11,14H2,1-2H3,(H,25,28)(H,27,29). The number of carbonyl (C=O) groups excluding carboxylic acids is 2. The predicted octanol–water partition coefficient (Wildman–Crippen LogP) is 4.14. The number of benzene rings is 2. The Balaban J connectivity index is 1.21. The molecule has 30 heavy (non-hydrogen) atoms. The van der Waals surface area contributed by atoms with E-state index in [0.29, 0.717) is 32.4 Å². The summed E-state index contributed by atoms with van der Waals surface area (Å²) in [5.41, 5.74) is 6.60. The molecule has 0 spiro atoms. The van der Waals surface area contributed by atoms with Gasteiger partial charge in [0.25, 0.3) is 0 Å². The van der Waals surface area contributed by atoms with E-state index in [2.05, 4.69) is 41.6 Å². The summed E-state index contributed by atoms with van der Waals surface area (Å²) in [6.45, 7) is 5.18. The van der Waals surface area contributed by atoms with Crippen LogP contribution in [-0.4, -0.2) is 23.4 Å². The maximum atomic E-state index is 12.2. The topological polar surface area (TPSA) is 83.2 Å². The highest BCUT2D eigenvalue weighted by Gasteiger charge is 2.15. The summed E-state index contributed by atoms with van der Waals surface area (Å²) < 4.78 is 5.78.